The second kappa shape index (κ2) is 11.6. The van der Waals surface area contributed by atoms with Crippen LogP contribution >= 0.6 is 0 Å². The first-order valence-corrected chi connectivity index (χ1v) is 10.6. The van der Waals surface area contributed by atoms with Crippen LogP contribution in [0.15, 0.2) is 42.5 Å². The van der Waals surface area contributed by atoms with Crippen LogP contribution in [-0.4, -0.2) is 25.0 Å². The number of hydrogen-bond donors (Lipinski definition) is 0. The van der Waals surface area contributed by atoms with Gasteiger partial charge >= 0.3 is 5.97 Å². The summed E-state index contributed by atoms with van der Waals surface area (Å²) in [5.41, 5.74) is 1.11. The number of hydrogen-bond acceptors (Lipinski definition) is 4. The van der Waals surface area contributed by atoms with Gasteiger partial charge in [-0.25, -0.2) is 0 Å². The number of esters is 1. The number of methoxy groups -OCH3 is 1. The van der Waals surface area contributed by atoms with Crippen molar-refractivity contribution in [3.05, 3.63) is 48.1 Å². The molecule has 158 valence electrons. The van der Waals surface area contributed by atoms with Crippen molar-refractivity contribution in [2.24, 2.45) is 17.8 Å². The van der Waals surface area contributed by atoms with Gasteiger partial charge in [-0.3, -0.25) is 9.59 Å². The summed E-state index contributed by atoms with van der Waals surface area (Å²) in [6.45, 7) is 5.87. The highest BCUT2D eigenvalue weighted by Gasteiger charge is 2.37. The lowest BCUT2D eigenvalue weighted by Crippen LogP contribution is -2.14. The largest absolute Gasteiger partial charge is 0.497 e. The highest BCUT2D eigenvalue weighted by atomic mass is 16.5. The number of ether oxygens (including phenoxy) is 2. The third-order valence-corrected chi connectivity index (χ3v) is 5.36. The Morgan fingerprint density at radius 2 is 1.93 bits per heavy atom. The minimum atomic E-state index is -0.142. The standard InChI is InChI=1S/C25H34O4/c1-18(2)29-25(27)10-8-6-5-7-9-23-22(19(3)17-24(23)26)16-13-20-11-14-21(28-4)15-12-20/h5,7,11-16,18-19,22-23H,6,8-10,17H2,1-4H3/b7-5-,16-13+/t19-,22+,23-/m1/s1. The van der Waals surface area contributed by atoms with Crippen molar-refractivity contribution >= 4 is 17.8 Å². The van der Waals surface area contributed by atoms with E-state index in [2.05, 4.69) is 31.2 Å². The average molecular weight is 399 g/mol. The monoisotopic (exact) mass is 398 g/mol. The normalized spacial score (nSPS) is 22.1. The molecule has 0 bridgehead atoms. The minimum Gasteiger partial charge on any atom is -0.497 e. The Bertz CT molecular complexity index is 715. The lowest BCUT2D eigenvalue weighted by Gasteiger charge is -2.16. The average Bonchev–Trinajstić information content (AvgIpc) is 2.95. The molecule has 1 aliphatic carbocycles. The molecule has 29 heavy (non-hydrogen) atoms. The van der Waals surface area contributed by atoms with Crippen molar-refractivity contribution in [1.82, 2.24) is 0 Å². The van der Waals surface area contributed by atoms with Gasteiger partial charge in [0.25, 0.3) is 0 Å². The number of unbranched alkanes of at least 4 members (excludes halogenated alkanes) is 1. The summed E-state index contributed by atoms with van der Waals surface area (Å²) < 4.78 is 10.3. The van der Waals surface area contributed by atoms with Crippen molar-refractivity contribution in [1.29, 1.82) is 0 Å². The Morgan fingerprint density at radius 1 is 1.21 bits per heavy atom. The maximum atomic E-state index is 12.5. The molecule has 1 saturated carbocycles. The van der Waals surface area contributed by atoms with Crippen LogP contribution in [0.25, 0.3) is 6.08 Å². The molecule has 1 aromatic rings. The summed E-state index contributed by atoms with van der Waals surface area (Å²) in [6, 6.07) is 7.94. The first-order valence-electron chi connectivity index (χ1n) is 10.6. The maximum absolute atomic E-state index is 12.5. The second-order valence-corrected chi connectivity index (χ2v) is 8.10. The predicted octanol–water partition coefficient (Wildman–Crippen LogP) is 5.62. The second-order valence-electron chi connectivity index (χ2n) is 8.10. The zero-order chi connectivity index (χ0) is 21.2. The van der Waals surface area contributed by atoms with E-state index in [1.807, 2.05) is 38.1 Å². The van der Waals surface area contributed by atoms with Gasteiger partial charge in [-0.1, -0.05) is 43.4 Å². The zero-order valence-electron chi connectivity index (χ0n) is 18.1. The molecule has 4 nitrogen and oxygen atoms in total. The smallest absolute Gasteiger partial charge is 0.306 e. The van der Waals surface area contributed by atoms with Gasteiger partial charge in [0.1, 0.15) is 11.5 Å². The molecule has 0 aliphatic heterocycles. The number of Topliss-reactive ketones (excluding diaryl/α,β-unsaturated/α-hetero) is 1. The van der Waals surface area contributed by atoms with E-state index < -0.39 is 0 Å². The summed E-state index contributed by atoms with van der Waals surface area (Å²) in [4.78, 5) is 24.0. The zero-order valence-corrected chi connectivity index (χ0v) is 18.1. The van der Waals surface area contributed by atoms with Gasteiger partial charge in [-0.15, -0.1) is 0 Å². The van der Waals surface area contributed by atoms with Crippen LogP contribution in [0.2, 0.25) is 0 Å². The number of ketones is 1. The molecule has 0 radical (unpaired) electrons. The van der Waals surface area contributed by atoms with Crippen LogP contribution in [-0.2, 0) is 14.3 Å². The molecular formula is C25H34O4. The molecule has 4 heteroatoms. The number of rotatable bonds is 10. The van der Waals surface area contributed by atoms with E-state index in [1.54, 1.807) is 7.11 Å². The van der Waals surface area contributed by atoms with Gasteiger partial charge in [0, 0.05) is 18.8 Å². The van der Waals surface area contributed by atoms with Crippen LogP contribution in [0, 0.1) is 17.8 Å². The predicted molar refractivity (Wildman–Crippen MR) is 117 cm³/mol. The molecule has 0 amide bonds. The maximum Gasteiger partial charge on any atom is 0.306 e. The van der Waals surface area contributed by atoms with E-state index in [1.165, 1.54) is 0 Å². The van der Waals surface area contributed by atoms with Crippen LogP contribution in [0.1, 0.15) is 58.4 Å². The Kier molecular flexibility index (Phi) is 9.17. The van der Waals surface area contributed by atoms with Gasteiger partial charge in [-0.2, -0.15) is 0 Å². The topological polar surface area (TPSA) is 52.6 Å². The van der Waals surface area contributed by atoms with E-state index in [0.29, 0.717) is 24.5 Å². The summed E-state index contributed by atoms with van der Waals surface area (Å²) >= 11 is 0. The summed E-state index contributed by atoms with van der Waals surface area (Å²) in [5, 5.41) is 0. The number of allylic oxidation sites excluding steroid dienone is 3. The van der Waals surface area contributed by atoms with Crippen LogP contribution in [0.5, 0.6) is 5.75 Å². The van der Waals surface area contributed by atoms with Gasteiger partial charge in [-0.05, 0) is 62.6 Å². The highest BCUT2D eigenvalue weighted by molar-refractivity contribution is 5.84. The molecule has 0 spiro atoms. The van der Waals surface area contributed by atoms with Gasteiger partial charge in [0.15, 0.2) is 0 Å². The van der Waals surface area contributed by atoms with E-state index in [-0.39, 0.29) is 23.9 Å². The lowest BCUT2D eigenvalue weighted by molar-refractivity contribution is -0.147. The van der Waals surface area contributed by atoms with E-state index in [4.69, 9.17) is 9.47 Å². The van der Waals surface area contributed by atoms with Crippen molar-refractivity contribution in [2.45, 2.75) is 59.0 Å². The van der Waals surface area contributed by atoms with Gasteiger partial charge in [0.05, 0.1) is 13.2 Å². The molecule has 3 atom stereocenters. The molecule has 2 rings (SSSR count). The number of carbonyl (C=O) groups is 2. The first kappa shape index (κ1) is 22.9. The number of benzene rings is 1. The molecule has 1 aromatic carbocycles. The fourth-order valence-corrected chi connectivity index (χ4v) is 3.81. The fourth-order valence-electron chi connectivity index (χ4n) is 3.81. The Morgan fingerprint density at radius 3 is 2.59 bits per heavy atom. The fraction of sp³-hybridized carbons (Fsp3) is 0.520. The molecule has 0 unspecified atom stereocenters. The quantitative estimate of drug-likeness (QED) is 0.292. The third-order valence-electron chi connectivity index (χ3n) is 5.36. The Hall–Kier alpha value is -2.36. The third kappa shape index (κ3) is 7.52. The van der Waals surface area contributed by atoms with Crippen LogP contribution in [0.4, 0.5) is 0 Å². The first-order chi connectivity index (χ1) is 13.9. The van der Waals surface area contributed by atoms with Gasteiger partial charge < -0.3 is 9.47 Å². The SMILES string of the molecule is COc1ccc(/C=C/[C@H]2[C@H](C)CC(=O)[C@@H]2C/C=C\CCCC(=O)OC(C)C)cc1. The van der Waals surface area contributed by atoms with Crippen molar-refractivity contribution in [2.75, 3.05) is 7.11 Å². The van der Waals surface area contributed by atoms with Gasteiger partial charge in [0.2, 0.25) is 0 Å². The molecule has 1 aliphatic rings. The van der Waals surface area contributed by atoms with Crippen LogP contribution in [0.3, 0.4) is 0 Å². The van der Waals surface area contributed by atoms with E-state index >= 15 is 0 Å². The Balaban J connectivity index is 1.84. The minimum absolute atomic E-state index is 0.0432. The summed E-state index contributed by atoms with van der Waals surface area (Å²) in [7, 11) is 1.66. The molecular weight excluding hydrogens is 364 g/mol. The van der Waals surface area contributed by atoms with Crippen LogP contribution < -0.4 is 4.74 Å². The summed E-state index contributed by atoms with van der Waals surface area (Å²) in [6.07, 6.45) is 11.9. The van der Waals surface area contributed by atoms with Crippen molar-refractivity contribution in [3.63, 3.8) is 0 Å². The highest BCUT2D eigenvalue weighted by Crippen LogP contribution is 2.38. The van der Waals surface area contributed by atoms with E-state index in [9.17, 15) is 9.59 Å². The van der Waals surface area contributed by atoms with Crippen molar-refractivity contribution in [3.8, 4) is 5.75 Å². The summed E-state index contributed by atoms with van der Waals surface area (Å²) in [5.74, 6) is 1.72. The molecule has 0 aromatic heterocycles. The van der Waals surface area contributed by atoms with E-state index in [0.717, 1.165) is 30.6 Å². The molecule has 0 heterocycles. The number of carbonyl (C=O) groups excluding carboxylic acids is 2. The molecule has 0 saturated heterocycles. The lowest BCUT2D eigenvalue weighted by atomic mass is 9.87. The molecule has 0 N–H and O–H groups in total. The molecule has 1 fully saturated rings. The Labute approximate surface area is 175 Å². The van der Waals surface area contributed by atoms with Crippen molar-refractivity contribution < 1.29 is 19.1 Å².